The summed E-state index contributed by atoms with van der Waals surface area (Å²) in [6.07, 6.45) is 1.39. The molecule has 170 valence electrons. The number of non-ortho nitro benzene ring substituents is 1. The molecule has 0 saturated heterocycles. The fourth-order valence-corrected chi connectivity index (χ4v) is 3.21. The molecule has 0 atom stereocenters. The largest absolute Gasteiger partial charge is 0.489 e. The van der Waals surface area contributed by atoms with E-state index >= 15 is 0 Å². The number of nitrogens with zero attached hydrogens (tertiary/aromatic N) is 3. The molecule has 1 heterocycles. The zero-order chi connectivity index (χ0) is 23.9. The number of benzene rings is 3. The molecule has 9 nitrogen and oxygen atoms in total. The van der Waals surface area contributed by atoms with Gasteiger partial charge in [-0.1, -0.05) is 41.9 Å². The lowest BCUT2D eigenvalue weighted by atomic mass is 10.1. The lowest BCUT2D eigenvalue weighted by Gasteiger charge is -2.08. The Morgan fingerprint density at radius 1 is 1.12 bits per heavy atom. The Kier molecular flexibility index (Phi) is 6.95. The summed E-state index contributed by atoms with van der Waals surface area (Å²) in [6.45, 7) is 0.324. The van der Waals surface area contributed by atoms with E-state index in [1.165, 1.54) is 30.5 Å². The second-order valence-electron chi connectivity index (χ2n) is 7.12. The molecular formula is C24H18ClN5O4. The number of nitro benzene ring substituents is 1. The molecule has 0 unspecified atom stereocenters. The molecule has 0 aliphatic heterocycles. The highest BCUT2D eigenvalue weighted by Gasteiger charge is 2.11. The fourth-order valence-electron chi connectivity index (χ4n) is 3.02. The number of carbonyl (C=O) groups is 1. The quantitative estimate of drug-likeness (QED) is 0.211. The number of aromatic amines is 1. The third-order valence-electron chi connectivity index (χ3n) is 4.79. The second-order valence-corrected chi connectivity index (χ2v) is 7.53. The summed E-state index contributed by atoms with van der Waals surface area (Å²) in [7, 11) is 0. The average molecular weight is 476 g/mol. The van der Waals surface area contributed by atoms with Gasteiger partial charge in [0.05, 0.1) is 16.8 Å². The normalized spacial score (nSPS) is 10.9. The number of hydrazone groups is 1. The highest BCUT2D eigenvalue weighted by molar-refractivity contribution is 6.31. The predicted octanol–water partition coefficient (Wildman–Crippen LogP) is 4.98. The van der Waals surface area contributed by atoms with Gasteiger partial charge in [0.25, 0.3) is 11.6 Å². The maximum absolute atomic E-state index is 12.4. The number of hydrogen-bond donors (Lipinski definition) is 2. The van der Waals surface area contributed by atoms with Crippen molar-refractivity contribution in [3.8, 4) is 17.0 Å². The third kappa shape index (κ3) is 5.64. The summed E-state index contributed by atoms with van der Waals surface area (Å²) in [5.74, 6) is 0.155. The molecule has 0 saturated carbocycles. The number of halogens is 1. The first kappa shape index (κ1) is 22.7. The van der Waals surface area contributed by atoms with Crippen molar-refractivity contribution in [2.75, 3.05) is 0 Å². The molecule has 10 heteroatoms. The Balaban J connectivity index is 1.37. The summed E-state index contributed by atoms with van der Waals surface area (Å²) in [4.78, 5) is 22.6. The Morgan fingerprint density at radius 2 is 1.91 bits per heavy atom. The van der Waals surface area contributed by atoms with Crippen LogP contribution in [0.4, 0.5) is 5.69 Å². The van der Waals surface area contributed by atoms with Gasteiger partial charge in [0.1, 0.15) is 18.1 Å². The fraction of sp³-hybridized carbons (Fsp3) is 0.0417. The highest BCUT2D eigenvalue weighted by Crippen LogP contribution is 2.24. The lowest BCUT2D eigenvalue weighted by Crippen LogP contribution is -2.17. The second kappa shape index (κ2) is 10.4. The lowest BCUT2D eigenvalue weighted by molar-refractivity contribution is -0.384. The average Bonchev–Trinajstić information content (AvgIpc) is 3.35. The molecule has 4 aromatic rings. The number of nitrogens with one attached hydrogen (secondary N) is 2. The van der Waals surface area contributed by atoms with Crippen LogP contribution in [0.3, 0.4) is 0 Å². The minimum Gasteiger partial charge on any atom is -0.489 e. The molecule has 0 aliphatic rings. The van der Waals surface area contributed by atoms with E-state index in [0.717, 1.165) is 11.1 Å². The summed E-state index contributed by atoms with van der Waals surface area (Å²) in [5.41, 5.74) is 5.40. The van der Waals surface area contributed by atoms with Crippen molar-refractivity contribution in [1.82, 2.24) is 15.6 Å². The first-order valence-corrected chi connectivity index (χ1v) is 10.5. The smallest absolute Gasteiger partial charge is 0.289 e. The van der Waals surface area contributed by atoms with Gasteiger partial charge >= 0.3 is 0 Å². The van der Waals surface area contributed by atoms with Gasteiger partial charge in [-0.25, -0.2) is 5.43 Å². The number of aromatic nitrogens is 2. The topological polar surface area (TPSA) is 123 Å². The van der Waals surface area contributed by atoms with E-state index in [-0.39, 0.29) is 11.4 Å². The Morgan fingerprint density at radius 3 is 2.68 bits per heavy atom. The molecular weight excluding hydrogens is 458 g/mol. The van der Waals surface area contributed by atoms with Crippen LogP contribution in [0.2, 0.25) is 5.02 Å². The van der Waals surface area contributed by atoms with Crippen LogP contribution in [0.1, 0.15) is 21.6 Å². The van der Waals surface area contributed by atoms with Crippen molar-refractivity contribution in [3.63, 3.8) is 0 Å². The van der Waals surface area contributed by atoms with Crippen LogP contribution in [0, 0.1) is 10.1 Å². The van der Waals surface area contributed by atoms with E-state index in [2.05, 4.69) is 20.7 Å². The van der Waals surface area contributed by atoms with Gasteiger partial charge in [0.15, 0.2) is 0 Å². The molecule has 0 radical (unpaired) electrons. The molecule has 1 amide bonds. The van der Waals surface area contributed by atoms with Gasteiger partial charge in [-0.3, -0.25) is 20.0 Å². The van der Waals surface area contributed by atoms with Gasteiger partial charge in [0.2, 0.25) is 0 Å². The van der Waals surface area contributed by atoms with Crippen molar-refractivity contribution in [1.29, 1.82) is 0 Å². The third-order valence-corrected chi connectivity index (χ3v) is 5.16. The zero-order valence-corrected chi connectivity index (χ0v) is 18.4. The predicted molar refractivity (Wildman–Crippen MR) is 128 cm³/mol. The van der Waals surface area contributed by atoms with E-state index in [1.807, 2.05) is 48.5 Å². The molecule has 1 aromatic heterocycles. The molecule has 2 N–H and O–H groups in total. The van der Waals surface area contributed by atoms with Crippen LogP contribution >= 0.6 is 11.6 Å². The SMILES string of the molecule is O=C(N/N=C/c1ccc([N+](=O)[O-])cc1)c1cc(-c2cccc(OCc3ccccc3Cl)c2)n[nH]1. The van der Waals surface area contributed by atoms with Gasteiger partial charge in [0, 0.05) is 28.3 Å². The summed E-state index contributed by atoms with van der Waals surface area (Å²) < 4.78 is 5.85. The molecule has 0 fully saturated rings. The minimum atomic E-state index is -0.487. The first-order chi connectivity index (χ1) is 16.5. The van der Waals surface area contributed by atoms with Crippen LogP contribution < -0.4 is 10.2 Å². The van der Waals surface area contributed by atoms with E-state index < -0.39 is 10.8 Å². The van der Waals surface area contributed by atoms with Crippen LogP contribution in [0.25, 0.3) is 11.3 Å². The standard InChI is InChI=1S/C24H18ClN5O4/c25-21-7-2-1-4-18(21)15-34-20-6-3-5-17(12-20)22-13-23(28-27-22)24(31)29-26-14-16-8-10-19(11-9-16)30(32)33/h1-14H,15H2,(H,27,28)(H,29,31)/b26-14+. The Bertz CT molecular complexity index is 1350. The maximum atomic E-state index is 12.4. The molecule has 0 aliphatic carbocycles. The van der Waals surface area contributed by atoms with E-state index in [1.54, 1.807) is 6.07 Å². The number of amides is 1. The number of hydrogen-bond acceptors (Lipinski definition) is 6. The Labute approximate surface area is 199 Å². The summed E-state index contributed by atoms with van der Waals surface area (Å²) in [6, 6.07) is 22.2. The molecule has 3 aromatic carbocycles. The van der Waals surface area contributed by atoms with Gasteiger partial charge in [-0.05, 0) is 42.0 Å². The number of ether oxygens (including phenoxy) is 1. The van der Waals surface area contributed by atoms with Crippen molar-refractivity contribution >= 4 is 29.4 Å². The van der Waals surface area contributed by atoms with E-state index in [4.69, 9.17) is 16.3 Å². The highest BCUT2D eigenvalue weighted by atomic mass is 35.5. The summed E-state index contributed by atoms with van der Waals surface area (Å²) >= 11 is 6.17. The first-order valence-electron chi connectivity index (χ1n) is 10.1. The van der Waals surface area contributed by atoms with Crippen LogP contribution in [-0.4, -0.2) is 27.2 Å². The van der Waals surface area contributed by atoms with Crippen molar-refractivity contribution in [2.45, 2.75) is 6.61 Å². The van der Waals surface area contributed by atoms with Crippen molar-refractivity contribution in [3.05, 3.63) is 111 Å². The van der Waals surface area contributed by atoms with Crippen molar-refractivity contribution < 1.29 is 14.5 Å². The maximum Gasteiger partial charge on any atom is 0.289 e. The van der Waals surface area contributed by atoms with Crippen LogP contribution in [0.15, 0.2) is 84.0 Å². The number of nitro groups is 1. The minimum absolute atomic E-state index is 0.0236. The monoisotopic (exact) mass is 475 g/mol. The zero-order valence-electron chi connectivity index (χ0n) is 17.6. The van der Waals surface area contributed by atoms with Crippen molar-refractivity contribution in [2.24, 2.45) is 5.10 Å². The molecule has 0 spiro atoms. The number of carbonyl (C=O) groups excluding carboxylic acids is 1. The van der Waals surface area contributed by atoms with E-state index in [9.17, 15) is 14.9 Å². The van der Waals surface area contributed by atoms with E-state index in [0.29, 0.717) is 28.6 Å². The molecule has 34 heavy (non-hydrogen) atoms. The Hall–Kier alpha value is -4.50. The number of H-pyrrole nitrogens is 1. The van der Waals surface area contributed by atoms with Crippen LogP contribution in [0.5, 0.6) is 5.75 Å². The number of rotatable bonds is 8. The van der Waals surface area contributed by atoms with Gasteiger partial charge in [-0.15, -0.1) is 0 Å². The van der Waals surface area contributed by atoms with Gasteiger partial charge < -0.3 is 4.74 Å². The summed E-state index contributed by atoms with van der Waals surface area (Å²) in [5, 5.41) is 22.1. The van der Waals surface area contributed by atoms with Gasteiger partial charge in [-0.2, -0.15) is 10.2 Å². The molecule has 4 rings (SSSR count). The molecule has 0 bridgehead atoms. The van der Waals surface area contributed by atoms with Crippen LogP contribution in [-0.2, 0) is 6.61 Å².